The summed E-state index contributed by atoms with van der Waals surface area (Å²) < 4.78 is 5.16. The van der Waals surface area contributed by atoms with Crippen molar-refractivity contribution < 1.29 is 14.3 Å². The van der Waals surface area contributed by atoms with E-state index < -0.39 is 11.7 Å². The number of carbonyl (C=O) groups excluding carboxylic acids is 2. The van der Waals surface area contributed by atoms with E-state index in [-0.39, 0.29) is 6.54 Å². The minimum Gasteiger partial charge on any atom is -0.443 e. The Morgan fingerprint density at radius 2 is 2.19 bits per heavy atom. The van der Waals surface area contributed by atoms with E-state index in [0.29, 0.717) is 17.6 Å². The van der Waals surface area contributed by atoms with Gasteiger partial charge in [0, 0.05) is 17.5 Å². The standard InChI is InChI=1S/C11H16N2O3/c1-11(2,3)16-10(15)13-5-4-9(12)8(6-13)7-14/h4-5,7H,6,12H2,1-3H3. The van der Waals surface area contributed by atoms with Crippen LogP contribution in [0.3, 0.4) is 0 Å². The van der Waals surface area contributed by atoms with E-state index in [1.807, 2.05) is 0 Å². The van der Waals surface area contributed by atoms with Gasteiger partial charge in [-0.15, -0.1) is 0 Å². The van der Waals surface area contributed by atoms with E-state index in [1.54, 1.807) is 20.8 Å². The lowest BCUT2D eigenvalue weighted by atomic mass is 10.1. The van der Waals surface area contributed by atoms with E-state index in [4.69, 9.17) is 10.5 Å². The highest BCUT2D eigenvalue weighted by Crippen LogP contribution is 2.14. The lowest BCUT2D eigenvalue weighted by molar-refractivity contribution is -0.105. The highest BCUT2D eigenvalue weighted by molar-refractivity contribution is 5.79. The molecule has 5 heteroatoms. The average Bonchev–Trinajstić information content (AvgIpc) is 2.15. The maximum absolute atomic E-state index is 11.7. The SMILES string of the molecule is CC(C)(C)OC(=O)N1C=CC(N)=C(C=O)C1. The van der Waals surface area contributed by atoms with Gasteiger partial charge in [0.15, 0.2) is 0 Å². The average molecular weight is 224 g/mol. The van der Waals surface area contributed by atoms with Crippen molar-refractivity contribution in [2.45, 2.75) is 26.4 Å². The van der Waals surface area contributed by atoms with E-state index in [2.05, 4.69) is 0 Å². The molecular weight excluding hydrogens is 208 g/mol. The first-order chi connectivity index (χ1) is 7.33. The summed E-state index contributed by atoms with van der Waals surface area (Å²) in [7, 11) is 0. The van der Waals surface area contributed by atoms with Crippen LogP contribution in [0.5, 0.6) is 0 Å². The van der Waals surface area contributed by atoms with Crippen LogP contribution in [-0.4, -0.2) is 29.4 Å². The minimum absolute atomic E-state index is 0.154. The van der Waals surface area contributed by atoms with Gasteiger partial charge in [-0.1, -0.05) is 0 Å². The Kier molecular flexibility index (Phi) is 3.37. The summed E-state index contributed by atoms with van der Waals surface area (Å²) in [6, 6.07) is 0. The number of amides is 1. The largest absolute Gasteiger partial charge is 0.443 e. The molecule has 88 valence electrons. The summed E-state index contributed by atoms with van der Waals surface area (Å²) in [6.07, 6.45) is 3.18. The van der Waals surface area contributed by atoms with Crippen LogP contribution >= 0.6 is 0 Å². The molecule has 1 amide bonds. The number of hydrogen-bond donors (Lipinski definition) is 1. The van der Waals surface area contributed by atoms with Crippen LogP contribution in [0.15, 0.2) is 23.5 Å². The summed E-state index contributed by atoms with van der Waals surface area (Å²) in [5.41, 5.74) is 5.77. The zero-order valence-electron chi connectivity index (χ0n) is 9.69. The molecule has 0 aromatic heterocycles. The number of ether oxygens (including phenoxy) is 1. The van der Waals surface area contributed by atoms with Crippen LogP contribution < -0.4 is 5.73 Å². The van der Waals surface area contributed by atoms with Gasteiger partial charge in [0.25, 0.3) is 0 Å². The Bertz CT molecular complexity index is 364. The third kappa shape index (κ3) is 3.12. The summed E-state index contributed by atoms with van der Waals surface area (Å²) in [5.74, 6) is 0. The number of rotatable bonds is 1. The quantitative estimate of drug-likeness (QED) is 0.678. The van der Waals surface area contributed by atoms with E-state index in [0.717, 1.165) is 0 Å². The number of hydrogen-bond acceptors (Lipinski definition) is 4. The molecule has 0 aromatic rings. The van der Waals surface area contributed by atoms with E-state index in [9.17, 15) is 9.59 Å². The first-order valence-electron chi connectivity index (χ1n) is 4.95. The predicted octanol–water partition coefficient (Wildman–Crippen LogP) is 1.16. The fourth-order valence-electron chi connectivity index (χ4n) is 1.16. The first-order valence-corrected chi connectivity index (χ1v) is 4.95. The van der Waals surface area contributed by atoms with Crippen LogP contribution in [0.4, 0.5) is 4.79 Å². The van der Waals surface area contributed by atoms with Crippen LogP contribution in [0, 0.1) is 0 Å². The van der Waals surface area contributed by atoms with Gasteiger partial charge in [-0.25, -0.2) is 4.79 Å². The zero-order chi connectivity index (χ0) is 12.3. The Morgan fingerprint density at radius 1 is 1.56 bits per heavy atom. The van der Waals surface area contributed by atoms with Crippen molar-refractivity contribution in [3.63, 3.8) is 0 Å². The van der Waals surface area contributed by atoms with Gasteiger partial charge in [0.05, 0.1) is 6.54 Å². The smallest absolute Gasteiger partial charge is 0.414 e. The minimum atomic E-state index is -0.557. The molecule has 1 heterocycles. The molecule has 0 fully saturated rings. The Labute approximate surface area is 94.5 Å². The van der Waals surface area contributed by atoms with Crippen LogP contribution in [-0.2, 0) is 9.53 Å². The first kappa shape index (κ1) is 12.3. The van der Waals surface area contributed by atoms with Crippen molar-refractivity contribution in [1.82, 2.24) is 4.90 Å². The normalized spacial score (nSPS) is 16.3. The maximum atomic E-state index is 11.7. The Hall–Kier alpha value is -1.78. The fraction of sp³-hybridized carbons (Fsp3) is 0.455. The van der Waals surface area contributed by atoms with Crippen molar-refractivity contribution in [2.24, 2.45) is 5.73 Å². The zero-order valence-corrected chi connectivity index (χ0v) is 9.69. The molecule has 0 spiro atoms. The third-order valence-electron chi connectivity index (χ3n) is 1.92. The predicted molar refractivity (Wildman–Crippen MR) is 59.4 cm³/mol. The molecule has 0 atom stereocenters. The second kappa shape index (κ2) is 4.38. The van der Waals surface area contributed by atoms with Crippen molar-refractivity contribution >= 4 is 12.4 Å². The van der Waals surface area contributed by atoms with Crippen molar-refractivity contribution in [2.75, 3.05) is 6.54 Å². The van der Waals surface area contributed by atoms with Gasteiger partial charge in [0.1, 0.15) is 11.9 Å². The lowest BCUT2D eigenvalue weighted by Crippen LogP contribution is -2.36. The molecule has 1 aliphatic rings. The Balaban J connectivity index is 2.70. The van der Waals surface area contributed by atoms with E-state index >= 15 is 0 Å². The van der Waals surface area contributed by atoms with Crippen molar-refractivity contribution in [3.05, 3.63) is 23.5 Å². The monoisotopic (exact) mass is 224 g/mol. The molecule has 0 aromatic carbocycles. The van der Waals surface area contributed by atoms with Crippen LogP contribution in [0.2, 0.25) is 0 Å². The topological polar surface area (TPSA) is 72.6 Å². The van der Waals surface area contributed by atoms with Gasteiger partial charge in [-0.05, 0) is 26.8 Å². The molecule has 0 radical (unpaired) electrons. The second-order valence-electron chi connectivity index (χ2n) is 4.52. The van der Waals surface area contributed by atoms with Crippen LogP contribution in [0.25, 0.3) is 0 Å². The molecule has 5 nitrogen and oxygen atoms in total. The lowest BCUT2D eigenvalue weighted by Gasteiger charge is -2.26. The summed E-state index contributed by atoms with van der Waals surface area (Å²) in [4.78, 5) is 23.6. The van der Waals surface area contributed by atoms with Crippen molar-refractivity contribution in [3.8, 4) is 0 Å². The van der Waals surface area contributed by atoms with Gasteiger partial charge in [0.2, 0.25) is 0 Å². The molecule has 0 saturated carbocycles. The molecule has 16 heavy (non-hydrogen) atoms. The number of allylic oxidation sites excluding steroid dienone is 1. The van der Waals surface area contributed by atoms with Gasteiger partial charge < -0.3 is 10.5 Å². The summed E-state index contributed by atoms with van der Waals surface area (Å²) >= 11 is 0. The van der Waals surface area contributed by atoms with Crippen molar-refractivity contribution in [1.29, 1.82) is 0 Å². The number of nitrogens with zero attached hydrogens (tertiary/aromatic N) is 1. The molecule has 0 bridgehead atoms. The molecule has 1 aliphatic heterocycles. The number of carbonyl (C=O) groups is 2. The number of nitrogens with two attached hydrogens (primary N) is 1. The fourth-order valence-corrected chi connectivity index (χ4v) is 1.16. The highest BCUT2D eigenvalue weighted by atomic mass is 16.6. The highest BCUT2D eigenvalue weighted by Gasteiger charge is 2.23. The molecule has 0 unspecified atom stereocenters. The van der Waals surface area contributed by atoms with Gasteiger partial charge in [-0.2, -0.15) is 0 Å². The third-order valence-corrected chi connectivity index (χ3v) is 1.92. The summed E-state index contributed by atoms with van der Waals surface area (Å²) in [6.45, 7) is 5.50. The molecule has 1 rings (SSSR count). The summed E-state index contributed by atoms with van der Waals surface area (Å²) in [5, 5.41) is 0. The molecule has 0 saturated heterocycles. The maximum Gasteiger partial charge on any atom is 0.414 e. The molecule has 0 aliphatic carbocycles. The Morgan fingerprint density at radius 3 is 2.69 bits per heavy atom. The number of aldehydes is 1. The second-order valence-corrected chi connectivity index (χ2v) is 4.52. The van der Waals surface area contributed by atoms with Gasteiger partial charge >= 0.3 is 6.09 Å². The molecular formula is C11H16N2O3. The van der Waals surface area contributed by atoms with Gasteiger partial charge in [-0.3, -0.25) is 9.69 Å². The molecule has 2 N–H and O–H groups in total. The van der Waals surface area contributed by atoms with Crippen LogP contribution in [0.1, 0.15) is 20.8 Å². The van der Waals surface area contributed by atoms with E-state index in [1.165, 1.54) is 17.2 Å².